The largest absolute Gasteiger partial charge is 0.508 e. The van der Waals surface area contributed by atoms with Crippen molar-refractivity contribution >= 4 is 11.8 Å². The highest BCUT2D eigenvalue weighted by atomic mass is 16.3. The van der Waals surface area contributed by atoms with Crippen LogP contribution >= 0.6 is 0 Å². The molecule has 5 nitrogen and oxygen atoms in total. The Bertz CT molecular complexity index is 430. The van der Waals surface area contributed by atoms with Gasteiger partial charge in [0.2, 0.25) is 5.91 Å². The Labute approximate surface area is 99.6 Å². The zero-order valence-electron chi connectivity index (χ0n) is 9.69. The molecule has 2 amide bonds. The molecule has 92 valence electrons. The fourth-order valence-electron chi connectivity index (χ4n) is 1.43. The Balaban J connectivity index is 2.53. The van der Waals surface area contributed by atoms with Crippen LogP contribution in [0.25, 0.3) is 0 Å². The van der Waals surface area contributed by atoms with Gasteiger partial charge in [-0.25, -0.2) is 0 Å². The maximum Gasteiger partial charge on any atom is 0.251 e. The number of amides is 2. The normalized spacial score (nSPS) is 9.94. The van der Waals surface area contributed by atoms with E-state index in [0.29, 0.717) is 24.1 Å². The van der Waals surface area contributed by atoms with Crippen LogP contribution in [-0.4, -0.2) is 23.5 Å². The van der Waals surface area contributed by atoms with Crippen molar-refractivity contribution in [3.05, 3.63) is 29.3 Å². The summed E-state index contributed by atoms with van der Waals surface area (Å²) in [5.74, 6) is -0.551. The van der Waals surface area contributed by atoms with E-state index in [1.807, 2.05) is 0 Å². The van der Waals surface area contributed by atoms with E-state index < -0.39 is 0 Å². The lowest BCUT2D eigenvalue weighted by atomic mass is 10.1. The summed E-state index contributed by atoms with van der Waals surface area (Å²) in [4.78, 5) is 22.2. The molecule has 0 aliphatic heterocycles. The number of primary amides is 1. The summed E-state index contributed by atoms with van der Waals surface area (Å²) in [6, 6.07) is 4.78. The maximum atomic E-state index is 11.7. The molecule has 0 atom stereocenters. The first-order valence-corrected chi connectivity index (χ1v) is 5.37. The van der Waals surface area contributed by atoms with Gasteiger partial charge in [0.25, 0.3) is 5.91 Å². The first-order chi connectivity index (χ1) is 8.02. The summed E-state index contributed by atoms with van der Waals surface area (Å²) in [6.45, 7) is 2.06. The molecule has 1 rings (SSSR count). The van der Waals surface area contributed by atoms with Gasteiger partial charge in [0.05, 0.1) is 0 Å². The fourth-order valence-corrected chi connectivity index (χ4v) is 1.43. The minimum absolute atomic E-state index is 0.0924. The van der Waals surface area contributed by atoms with Gasteiger partial charge in [-0.3, -0.25) is 9.59 Å². The van der Waals surface area contributed by atoms with E-state index in [4.69, 9.17) is 5.73 Å². The van der Waals surface area contributed by atoms with Crippen LogP contribution in [0.3, 0.4) is 0 Å². The zero-order valence-corrected chi connectivity index (χ0v) is 9.69. The van der Waals surface area contributed by atoms with Crippen molar-refractivity contribution in [1.82, 2.24) is 5.32 Å². The van der Waals surface area contributed by atoms with E-state index in [1.165, 1.54) is 6.07 Å². The molecule has 5 heteroatoms. The minimum atomic E-state index is -0.382. The Kier molecular flexibility index (Phi) is 4.51. The average Bonchev–Trinajstić information content (AvgIpc) is 2.27. The van der Waals surface area contributed by atoms with Gasteiger partial charge in [0.15, 0.2) is 0 Å². The van der Waals surface area contributed by atoms with Gasteiger partial charge in [-0.15, -0.1) is 0 Å². The van der Waals surface area contributed by atoms with E-state index in [2.05, 4.69) is 5.32 Å². The predicted octanol–water partition coefficient (Wildman–Crippen LogP) is 0.696. The molecular formula is C12H16N2O3. The van der Waals surface area contributed by atoms with Gasteiger partial charge in [-0.1, -0.05) is 6.07 Å². The first-order valence-electron chi connectivity index (χ1n) is 5.37. The highest BCUT2D eigenvalue weighted by Crippen LogP contribution is 2.19. The van der Waals surface area contributed by atoms with Crippen LogP contribution in [0.1, 0.15) is 28.8 Å². The summed E-state index contributed by atoms with van der Waals surface area (Å²) in [7, 11) is 0. The van der Waals surface area contributed by atoms with E-state index in [0.717, 1.165) is 0 Å². The van der Waals surface area contributed by atoms with Crippen molar-refractivity contribution < 1.29 is 14.7 Å². The topological polar surface area (TPSA) is 92.4 Å². The quantitative estimate of drug-likeness (QED) is 0.657. The van der Waals surface area contributed by atoms with Crippen LogP contribution in [0.4, 0.5) is 0 Å². The maximum absolute atomic E-state index is 11.7. The third-order valence-electron chi connectivity index (χ3n) is 2.44. The molecule has 0 aromatic heterocycles. The van der Waals surface area contributed by atoms with Crippen molar-refractivity contribution in [2.24, 2.45) is 5.73 Å². The lowest BCUT2D eigenvalue weighted by molar-refractivity contribution is -0.118. The van der Waals surface area contributed by atoms with Crippen molar-refractivity contribution in [2.75, 3.05) is 6.54 Å². The highest BCUT2D eigenvalue weighted by molar-refractivity contribution is 5.96. The smallest absolute Gasteiger partial charge is 0.251 e. The van der Waals surface area contributed by atoms with Gasteiger partial charge in [0.1, 0.15) is 5.75 Å². The monoisotopic (exact) mass is 236 g/mol. The number of rotatable bonds is 5. The molecule has 0 heterocycles. The van der Waals surface area contributed by atoms with Crippen LogP contribution in [0.15, 0.2) is 18.2 Å². The standard InChI is InChI=1S/C12H16N2O3/c1-8-9(4-2-5-10(8)15)12(17)14-7-3-6-11(13)16/h2,4-5,15H,3,6-7H2,1H3,(H2,13,16)(H,14,17). The molecule has 0 fully saturated rings. The summed E-state index contributed by atoms with van der Waals surface area (Å²) >= 11 is 0. The summed E-state index contributed by atoms with van der Waals surface area (Å²) < 4.78 is 0. The SMILES string of the molecule is Cc1c(O)cccc1C(=O)NCCCC(N)=O. The van der Waals surface area contributed by atoms with Crippen molar-refractivity contribution in [2.45, 2.75) is 19.8 Å². The van der Waals surface area contributed by atoms with E-state index in [1.54, 1.807) is 19.1 Å². The third-order valence-corrected chi connectivity index (χ3v) is 2.44. The van der Waals surface area contributed by atoms with Crippen LogP contribution in [-0.2, 0) is 4.79 Å². The van der Waals surface area contributed by atoms with Crippen LogP contribution in [0.5, 0.6) is 5.75 Å². The van der Waals surface area contributed by atoms with Crippen molar-refractivity contribution in [3.8, 4) is 5.75 Å². The molecule has 1 aromatic rings. The minimum Gasteiger partial charge on any atom is -0.508 e. The third kappa shape index (κ3) is 3.79. The van der Waals surface area contributed by atoms with Gasteiger partial charge in [-0.05, 0) is 25.5 Å². The van der Waals surface area contributed by atoms with Gasteiger partial charge >= 0.3 is 0 Å². The highest BCUT2D eigenvalue weighted by Gasteiger charge is 2.10. The second-order valence-electron chi connectivity index (χ2n) is 3.78. The van der Waals surface area contributed by atoms with Gasteiger partial charge < -0.3 is 16.2 Å². The van der Waals surface area contributed by atoms with Crippen LogP contribution in [0, 0.1) is 6.92 Å². The van der Waals surface area contributed by atoms with Gasteiger partial charge in [-0.2, -0.15) is 0 Å². The molecule has 1 aromatic carbocycles. The molecule has 0 saturated heterocycles. The molecule has 0 bridgehead atoms. The number of carbonyl (C=O) groups is 2. The number of hydrogen-bond donors (Lipinski definition) is 3. The molecule has 0 spiro atoms. The number of nitrogens with one attached hydrogen (secondary N) is 1. The molecule has 0 radical (unpaired) electrons. The first kappa shape index (κ1) is 13.0. The molecule has 4 N–H and O–H groups in total. The number of phenols is 1. The second-order valence-corrected chi connectivity index (χ2v) is 3.78. The van der Waals surface area contributed by atoms with Gasteiger partial charge in [0, 0.05) is 24.1 Å². The number of aromatic hydroxyl groups is 1. The Morgan fingerprint density at radius 1 is 1.41 bits per heavy atom. The summed E-state index contributed by atoms with van der Waals surface area (Å²) in [5.41, 5.74) is 5.96. The van der Waals surface area contributed by atoms with Crippen molar-refractivity contribution in [1.29, 1.82) is 0 Å². The Hall–Kier alpha value is -2.04. The van der Waals surface area contributed by atoms with Crippen molar-refractivity contribution in [3.63, 3.8) is 0 Å². The lowest BCUT2D eigenvalue weighted by Gasteiger charge is -2.08. The average molecular weight is 236 g/mol. The number of hydrogen-bond acceptors (Lipinski definition) is 3. The number of benzene rings is 1. The van der Waals surface area contributed by atoms with E-state index >= 15 is 0 Å². The Morgan fingerprint density at radius 3 is 2.76 bits per heavy atom. The Morgan fingerprint density at radius 2 is 2.12 bits per heavy atom. The lowest BCUT2D eigenvalue weighted by Crippen LogP contribution is -2.26. The molecule has 17 heavy (non-hydrogen) atoms. The summed E-state index contributed by atoms with van der Waals surface area (Å²) in [5, 5.41) is 12.1. The molecule has 0 unspecified atom stereocenters. The van der Waals surface area contributed by atoms with E-state index in [-0.39, 0.29) is 24.0 Å². The molecule has 0 aliphatic rings. The van der Waals surface area contributed by atoms with Crippen LogP contribution in [0.2, 0.25) is 0 Å². The van der Waals surface area contributed by atoms with E-state index in [9.17, 15) is 14.7 Å². The molecule has 0 saturated carbocycles. The van der Waals surface area contributed by atoms with Crippen LogP contribution < -0.4 is 11.1 Å². The zero-order chi connectivity index (χ0) is 12.8. The summed E-state index contributed by atoms with van der Waals surface area (Å²) in [6.07, 6.45) is 0.762. The molecule has 0 aliphatic carbocycles. The number of nitrogens with two attached hydrogens (primary N) is 1. The number of carbonyl (C=O) groups excluding carboxylic acids is 2. The fraction of sp³-hybridized carbons (Fsp3) is 0.333. The second kappa shape index (κ2) is 5.89. The number of phenolic OH excluding ortho intramolecular Hbond substituents is 1. The predicted molar refractivity (Wildman–Crippen MR) is 63.6 cm³/mol. The molecular weight excluding hydrogens is 220 g/mol.